The highest BCUT2D eigenvalue weighted by Gasteiger charge is 2.22. The summed E-state index contributed by atoms with van der Waals surface area (Å²) >= 11 is 0. The van der Waals surface area contributed by atoms with Gasteiger partial charge in [0.25, 0.3) is 5.56 Å². The predicted octanol–water partition coefficient (Wildman–Crippen LogP) is 7.76. The molecule has 0 spiro atoms. The number of rotatable bonds is 9. The number of hydrogen-bond donors (Lipinski definition) is 2. The van der Waals surface area contributed by atoms with Crippen molar-refractivity contribution in [1.29, 1.82) is 0 Å². The molecule has 0 aliphatic heterocycles. The number of aromatic nitrogens is 2. The molecule has 204 valence electrons. The van der Waals surface area contributed by atoms with Crippen molar-refractivity contribution in [2.75, 3.05) is 17.7 Å². The quantitative estimate of drug-likeness (QED) is 0.233. The first kappa shape index (κ1) is 27.9. The number of carbonyl (C=O) groups excluding carboxylic acids is 1. The van der Waals surface area contributed by atoms with Crippen LogP contribution in [0.1, 0.15) is 70.4 Å². The predicted molar refractivity (Wildman–Crippen MR) is 160 cm³/mol. The molecule has 4 aromatic rings. The van der Waals surface area contributed by atoms with Crippen LogP contribution in [-0.4, -0.2) is 22.7 Å². The van der Waals surface area contributed by atoms with Gasteiger partial charge in [0, 0.05) is 29.4 Å². The van der Waals surface area contributed by atoms with Gasteiger partial charge in [-0.3, -0.25) is 9.36 Å². The molecule has 0 fully saturated rings. The van der Waals surface area contributed by atoms with Gasteiger partial charge < -0.3 is 15.4 Å². The average Bonchev–Trinajstić information content (AvgIpc) is 2.93. The number of urea groups is 1. The summed E-state index contributed by atoms with van der Waals surface area (Å²) < 4.78 is 7.13. The first-order valence-corrected chi connectivity index (χ1v) is 13.6. The Morgan fingerprint density at radius 2 is 1.62 bits per heavy atom. The molecule has 0 saturated heterocycles. The standard InChI is InChI=1S/C32H38N4O3/c1-7-8-18-36-30-26(16-11-17-33-30)27(22-12-9-13-23(19-22)39-6)29(31(36)37)35-32(38)34-28-24(20(2)3)14-10-15-25(28)21(4)5/h9-17,19-21H,7-8,18H2,1-6H3,(H2,34,35,38). The third-order valence-corrected chi connectivity index (χ3v) is 6.96. The lowest BCUT2D eigenvalue weighted by atomic mass is 9.93. The number of anilines is 2. The summed E-state index contributed by atoms with van der Waals surface area (Å²) in [5, 5.41) is 6.82. The van der Waals surface area contributed by atoms with Crippen LogP contribution in [0.2, 0.25) is 0 Å². The number of para-hydroxylation sites is 1. The Balaban J connectivity index is 1.90. The second-order valence-electron chi connectivity index (χ2n) is 10.4. The average molecular weight is 527 g/mol. The smallest absolute Gasteiger partial charge is 0.323 e. The van der Waals surface area contributed by atoms with Gasteiger partial charge in [0.2, 0.25) is 0 Å². The molecule has 0 unspecified atom stereocenters. The number of fused-ring (bicyclic) bond motifs is 1. The fraction of sp³-hybridized carbons (Fsp3) is 0.344. The summed E-state index contributed by atoms with van der Waals surface area (Å²) in [5.41, 5.74) is 4.77. The van der Waals surface area contributed by atoms with Crippen LogP contribution in [0.3, 0.4) is 0 Å². The number of pyridine rings is 2. The monoisotopic (exact) mass is 526 g/mol. The lowest BCUT2D eigenvalue weighted by molar-refractivity contribution is 0.262. The Hall–Kier alpha value is -4.13. The minimum atomic E-state index is -0.462. The van der Waals surface area contributed by atoms with E-state index in [0.717, 1.165) is 40.6 Å². The Kier molecular flexibility index (Phi) is 8.69. The molecule has 7 heteroatoms. The van der Waals surface area contributed by atoms with Crippen LogP contribution in [0.25, 0.3) is 22.2 Å². The fourth-order valence-corrected chi connectivity index (χ4v) is 4.95. The molecular weight excluding hydrogens is 488 g/mol. The van der Waals surface area contributed by atoms with E-state index in [4.69, 9.17) is 4.74 Å². The number of nitrogens with zero attached hydrogens (tertiary/aromatic N) is 2. The second-order valence-corrected chi connectivity index (χ2v) is 10.4. The number of unbranched alkanes of at least 4 members (excludes halogenated alkanes) is 1. The Bertz CT molecular complexity index is 1510. The molecule has 0 aliphatic rings. The van der Waals surface area contributed by atoms with E-state index in [-0.39, 0.29) is 23.1 Å². The van der Waals surface area contributed by atoms with Crippen molar-refractivity contribution in [3.05, 3.63) is 82.3 Å². The van der Waals surface area contributed by atoms with E-state index in [2.05, 4.69) is 50.2 Å². The molecule has 0 saturated carbocycles. The summed E-state index contributed by atoms with van der Waals surface area (Å²) in [5.74, 6) is 1.08. The van der Waals surface area contributed by atoms with E-state index in [1.54, 1.807) is 17.9 Å². The van der Waals surface area contributed by atoms with Crippen LogP contribution in [0.5, 0.6) is 5.75 Å². The zero-order valence-electron chi connectivity index (χ0n) is 23.7. The number of hydrogen-bond acceptors (Lipinski definition) is 4. The highest BCUT2D eigenvalue weighted by molar-refractivity contribution is 6.07. The van der Waals surface area contributed by atoms with Crippen molar-refractivity contribution in [1.82, 2.24) is 9.55 Å². The zero-order chi connectivity index (χ0) is 28.1. The van der Waals surface area contributed by atoms with Gasteiger partial charge in [0.1, 0.15) is 17.1 Å². The highest BCUT2D eigenvalue weighted by atomic mass is 16.5. The number of methoxy groups -OCH3 is 1. The van der Waals surface area contributed by atoms with Crippen LogP contribution in [0, 0.1) is 0 Å². The molecule has 0 atom stereocenters. The third-order valence-electron chi connectivity index (χ3n) is 6.96. The van der Waals surface area contributed by atoms with E-state index < -0.39 is 6.03 Å². The molecule has 39 heavy (non-hydrogen) atoms. The molecule has 0 aliphatic carbocycles. The van der Waals surface area contributed by atoms with Crippen molar-refractivity contribution in [3.8, 4) is 16.9 Å². The van der Waals surface area contributed by atoms with Crippen LogP contribution in [0.15, 0.2) is 65.6 Å². The fourth-order valence-electron chi connectivity index (χ4n) is 4.95. The van der Waals surface area contributed by atoms with Crippen molar-refractivity contribution in [2.45, 2.75) is 65.8 Å². The minimum Gasteiger partial charge on any atom is -0.497 e. The molecule has 4 rings (SSSR count). The van der Waals surface area contributed by atoms with Crippen molar-refractivity contribution < 1.29 is 9.53 Å². The summed E-state index contributed by atoms with van der Waals surface area (Å²) in [4.78, 5) is 32.2. The maximum Gasteiger partial charge on any atom is 0.323 e. The van der Waals surface area contributed by atoms with Crippen LogP contribution >= 0.6 is 0 Å². The van der Waals surface area contributed by atoms with Gasteiger partial charge in [-0.05, 0) is 59.2 Å². The normalized spacial score (nSPS) is 11.3. The number of nitrogens with one attached hydrogen (secondary N) is 2. The van der Waals surface area contributed by atoms with Crippen molar-refractivity contribution in [2.24, 2.45) is 0 Å². The first-order chi connectivity index (χ1) is 18.8. The zero-order valence-corrected chi connectivity index (χ0v) is 23.7. The highest BCUT2D eigenvalue weighted by Crippen LogP contribution is 2.36. The molecule has 2 aromatic carbocycles. The third kappa shape index (κ3) is 5.82. The Morgan fingerprint density at radius 1 is 0.949 bits per heavy atom. The Morgan fingerprint density at radius 3 is 2.26 bits per heavy atom. The maximum atomic E-state index is 14.0. The molecule has 2 aromatic heterocycles. The first-order valence-electron chi connectivity index (χ1n) is 13.6. The molecule has 2 amide bonds. The second kappa shape index (κ2) is 12.2. The van der Waals surface area contributed by atoms with Gasteiger partial charge in [-0.25, -0.2) is 9.78 Å². The number of amides is 2. The largest absolute Gasteiger partial charge is 0.497 e. The van der Waals surface area contributed by atoms with E-state index in [9.17, 15) is 9.59 Å². The summed E-state index contributed by atoms with van der Waals surface area (Å²) in [6.07, 6.45) is 3.43. The summed E-state index contributed by atoms with van der Waals surface area (Å²) in [6.45, 7) is 11.0. The molecule has 2 N–H and O–H groups in total. The van der Waals surface area contributed by atoms with Crippen molar-refractivity contribution >= 4 is 28.4 Å². The number of aryl methyl sites for hydroxylation is 1. The van der Waals surface area contributed by atoms with E-state index in [1.165, 1.54) is 0 Å². The van der Waals surface area contributed by atoms with E-state index in [1.807, 2.05) is 54.6 Å². The van der Waals surface area contributed by atoms with Gasteiger partial charge in [0.15, 0.2) is 0 Å². The number of ether oxygens (including phenoxy) is 1. The molecular formula is C32H38N4O3. The molecule has 2 heterocycles. The SMILES string of the molecule is CCCCn1c(=O)c(NC(=O)Nc2c(C(C)C)cccc2C(C)C)c(-c2cccc(OC)c2)c2cccnc21. The number of carbonyl (C=O) groups is 1. The lowest BCUT2D eigenvalue weighted by Gasteiger charge is -2.22. The molecule has 0 bridgehead atoms. The number of benzene rings is 2. The summed E-state index contributed by atoms with van der Waals surface area (Å²) in [7, 11) is 1.60. The van der Waals surface area contributed by atoms with Crippen LogP contribution < -0.4 is 20.9 Å². The van der Waals surface area contributed by atoms with E-state index in [0.29, 0.717) is 23.5 Å². The maximum absolute atomic E-state index is 14.0. The topological polar surface area (TPSA) is 85.2 Å². The van der Waals surface area contributed by atoms with E-state index >= 15 is 0 Å². The van der Waals surface area contributed by atoms with Gasteiger partial charge in [-0.2, -0.15) is 0 Å². The van der Waals surface area contributed by atoms with Gasteiger partial charge in [-0.15, -0.1) is 0 Å². The minimum absolute atomic E-state index is 0.212. The lowest BCUT2D eigenvalue weighted by Crippen LogP contribution is -2.30. The van der Waals surface area contributed by atoms with Crippen LogP contribution in [0.4, 0.5) is 16.2 Å². The molecule has 7 nitrogen and oxygen atoms in total. The van der Waals surface area contributed by atoms with Gasteiger partial charge in [0.05, 0.1) is 7.11 Å². The van der Waals surface area contributed by atoms with Crippen LogP contribution in [-0.2, 0) is 6.54 Å². The van der Waals surface area contributed by atoms with Crippen molar-refractivity contribution in [3.63, 3.8) is 0 Å². The Labute approximate surface area is 230 Å². The van der Waals surface area contributed by atoms with Gasteiger partial charge >= 0.3 is 6.03 Å². The van der Waals surface area contributed by atoms with Gasteiger partial charge in [-0.1, -0.05) is 71.4 Å². The summed E-state index contributed by atoms with van der Waals surface area (Å²) in [6, 6.07) is 16.9. The molecule has 0 radical (unpaired) electrons.